The number of nitrogens with zero attached hydrogens (tertiary/aromatic N) is 1. The first kappa shape index (κ1) is 17.3. The summed E-state index contributed by atoms with van der Waals surface area (Å²) in [5, 5.41) is 10.4. The largest absolute Gasteiger partial charge is 0.497 e. The molecule has 1 aromatic rings. The molecule has 0 aromatic heterocycles. The minimum atomic E-state index is -0.469. The van der Waals surface area contributed by atoms with Gasteiger partial charge in [0, 0.05) is 26.2 Å². The second-order valence-corrected chi connectivity index (χ2v) is 6.52. The van der Waals surface area contributed by atoms with E-state index in [1.807, 2.05) is 24.3 Å². The second kappa shape index (κ2) is 8.51. The Hall–Kier alpha value is -1.10. The van der Waals surface area contributed by atoms with Crippen LogP contribution in [0.4, 0.5) is 0 Å². The minimum absolute atomic E-state index is 0.382. The number of likely N-dealkylation sites (tertiary alicyclic amines) is 1. The van der Waals surface area contributed by atoms with Crippen LogP contribution in [0.1, 0.15) is 38.4 Å². The number of piperidine rings is 1. The van der Waals surface area contributed by atoms with E-state index in [4.69, 9.17) is 9.47 Å². The molecule has 22 heavy (non-hydrogen) atoms. The molecule has 1 saturated heterocycles. The maximum Gasteiger partial charge on any atom is 0.119 e. The lowest BCUT2D eigenvalue weighted by atomic mass is 10.0. The molecule has 0 radical (unpaired) electrons. The van der Waals surface area contributed by atoms with E-state index in [1.165, 1.54) is 0 Å². The Kier molecular flexibility index (Phi) is 6.68. The van der Waals surface area contributed by atoms with Gasteiger partial charge in [-0.25, -0.2) is 0 Å². The van der Waals surface area contributed by atoms with Crippen molar-refractivity contribution in [2.45, 2.75) is 38.9 Å². The van der Waals surface area contributed by atoms with Gasteiger partial charge in [-0.1, -0.05) is 26.0 Å². The number of methoxy groups -OCH3 is 1. The first-order valence-electron chi connectivity index (χ1n) is 8.24. The fourth-order valence-corrected chi connectivity index (χ4v) is 2.79. The van der Waals surface area contributed by atoms with Crippen LogP contribution in [0.2, 0.25) is 0 Å². The monoisotopic (exact) mass is 307 g/mol. The summed E-state index contributed by atoms with van der Waals surface area (Å²) in [4.78, 5) is 2.32. The van der Waals surface area contributed by atoms with Crippen LogP contribution in [0.15, 0.2) is 24.3 Å². The number of hydrogen-bond donors (Lipinski definition) is 1. The number of ether oxygens (including phenoxy) is 2. The van der Waals surface area contributed by atoms with E-state index in [1.54, 1.807) is 7.11 Å². The summed E-state index contributed by atoms with van der Waals surface area (Å²) in [5.41, 5.74) is 0.914. The molecule has 0 amide bonds. The minimum Gasteiger partial charge on any atom is -0.497 e. The number of aliphatic hydroxyl groups excluding tert-OH is 1. The molecule has 124 valence electrons. The first-order valence-corrected chi connectivity index (χ1v) is 8.24. The number of benzene rings is 1. The van der Waals surface area contributed by atoms with E-state index < -0.39 is 6.10 Å². The first-order chi connectivity index (χ1) is 10.6. The molecule has 1 unspecified atom stereocenters. The maximum absolute atomic E-state index is 10.4. The van der Waals surface area contributed by atoms with Gasteiger partial charge < -0.3 is 19.5 Å². The zero-order valence-electron chi connectivity index (χ0n) is 14.0. The summed E-state index contributed by atoms with van der Waals surface area (Å²) in [7, 11) is 1.65. The summed E-state index contributed by atoms with van der Waals surface area (Å²) in [6.45, 7) is 7.86. The Morgan fingerprint density at radius 2 is 2.00 bits per heavy atom. The smallest absolute Gasteiger partial charge is 0.119 e. The highest BCUT2D eigenvalue weighted by Crippen LogP contribution is 2.22. The zero-order valence-corrected chi connectivity index (χ0v) is 14.0. The summed E-state index contributed by atoms with van der Waals surface area (Å²) < 4.78 is 11.1. The highest BCUT2D eigenvalue weighted by Gasteiger charge is 2.22. The van der Waals surface area contributed by atoms with Gasteiger partial charge in [-0.15, -0.1) is 0 Å². The van der Waals surface area contributed by atoms with Crippen molar-refractivity contribution in [2.75, 3.05) is 33.4 Å². The molecule has 4 nitrogen and oxygen atoms in total. The third-order valence-corrected chi connectivity index (χ3v) is 4.11. The molecule has 1 atom stereocenters. The summed E-state index contributed by atoms with van der Waals surface area (Å²) >= 11 is 0. The Morgan fingerprint density at radius 3 is 2.64 bits per heavy atom. The van der Waals surface area contributed by atoms with E-state index in [0.717, 1.165) is 43.9 Å². The summed E-state index contributed by atoms with van der Waals surface area (Å²) in [6, 6.07) is 7.67. The summed E-state index contributed by atoms with van der Waals surface area (Å²) in [6.07, 6.45) is 2.02. The highest BCUT2D eigenvalue weighted by atomic mass is 16.5. The SMILES string of the molecule is COc1cccc(C(O)CN2CCC(OCC(C)C)CC2)c1. The second-order valence-electron chi connectivity index (χ2n) is 6.52. The van der Waals surface area contributed by atoms with Crippen molar-refractivity contribution in [3.63, 3.8) is 0 Å². The molecule has 0 bridgehead atoms. The quantitative estimate of drug-likeness (QED) is 0.841. The predicted molar refractivity (Wildman–Crippen MR) is 88.2 cm³/mol. The van der Waals surface area contributed by atoms with Gasteiger partial charge in [-0.3, -0.25) is 0 Å². The van der Waals surface area contributed by atoms with Crippen molar-refractivity contribution < 1.29 is 14.6 Å². The average molecular weight is 307 g/mol. The van der Waals surface area contributed by atoms with Gasteiger partial charge >= 0.3 is 0 Å². The molecular weight excluding hydrogens is 278 g/mol. The molecule has 0 spiro atoms. The molecule has 0 saturated carbocycles. The Labute approximate surface area is 134 Å². The van der Waals surface area contributed by atoms with E-state index in [0.29, 0.717) is 18.6 Å². The van der Waals surface area contributed by atoms with Crippen LogP contribution in [0, 0.1) is 5.92 Å². The van der Waals surface area contributed by atoms with Gasteiger partial charge in [-0.2, -0.15) is 0 Å². The van der Waals surface area contributed by atoms with E-state index in [2.05, 4.69) is 18.7 Å². The molecule has 1 aliphatic rings. The van der Waals surface area contributed by atoms with Crippen LogP contribution in [0.3, 0.4) is 0 Å². The number of β-amino-alcohol motifs (C(OH)–C–C–N with tert-alkyl or cyclic N) is 1. The Morgan fingerprint density at radius 1 is 1.27 bits per heavy atom. The van der Waals surface area contributed by atoms with E-state index >= 15 is 0 Å². The normalized spacial score (nSPS) is 18.6. The molecule has 1 fully saturated rings. The topological polar surface area (TPSA) is 41.9 Å². The van der Waals surface area contributed by atoms with Crippen molar-refractivity contribution in [2.24, 2.45) is 5.92 Å². The average Bonchev–Trinajstić information content (AvgIpc) is 2.54. The lowest BCUT2D eigenvalue weighted by molar-refractivity contribution is -0.0123. The van der Waals surface area contributed by atoms with Gasteiger partial charge in [0.25, 0.3) is 0 Å². The van der Waals surface area contributed by atoms with Crippen molar-refractivity contribution >= 4 is 0 Å². The van der Waals surface area contributed by atoms with Gasteiger partial charge in [0.15, 0.2) is 0 Å². The van der Waals surface area contributed by atoms with Gasteiger partial charge in [0.05, 0.1) is 19.3 Å². The van der Waals surface area contributed by atoms with Crippen molar-refractivity contribution in [3.8, 4) is 5.75 Å². The Bertz CT molecular complexity index is 442. The third kappa shape index (κ3) is 5.27. The molecular formula is C18H29NO3. The summed E-state index contributed by atoms with van der Waals surface area (Å²) in [5.74, 6) is 1.38. The van der Waals surface area contributed by atoms with Crippen molar-refractivity contribution in [1.82, 2.24) is 4.90 Å². The Balaban J connectivity index is 1.77. The molecule has 1 N–H and O–H groups in total. The standard InChI is InChI=1S/C18H29NO3/c1-14(2)13-22-16-7-9-19(10-8-16)12-18(20)15-5-4-6-17(11-15)21-3/h4-6,11,14,16,18,20H,7-10,12-13H2,1-3H3. The number of rotatable bonds is 7. The van der Waals surface area contributed by atoms with Gasteiger partial charge in [0.2, 0.25) is 0 Å². The van der Waals surface area contributed by atoms with Crippen LogP contribution in [-0.4, -0.2) is 49.5 Å². The van der Waals surface area contributed by atoms with Gasteiger partial charge in [0.1, 0.15) is 5.75 Å². The number of aliphatic hydroxyl groups is 1. The molecule has 1 heterocycles. The van der Waals surface area contributed by atoms with Crippen LogP contribution < -0.4 is 4.74 Å². The maximum atomic E-state index is 10.4. The predicted octanol–water partition coefficient (Wildman–Crippen LogP) is 2.87. The van der Waals surface area contributed by atoms with Crippen molar-refractivity contribution in [1.29, 1.82) is 0 Å². The van der Waals surface area contributed by atoms with Crippen molar-refractivity contribution in [3.05, 3.63) is 29.8 Å². The van der Waals surface area contributed by atoms with Crippen LogP contribution >= 0.6 is 0 Å². The molecule has 2 rings (SSSR count). The fraction of sp³-hybridized carbons (Fsp3) is 0.667. The van der Waals surface area contributed by atoms with Crippen LogP contribution in [0.5, 0.6) is 5.75 Å². The molecule has 4 heteroatoms. The van der Waals surface area contributed by atoms with Crippen LogP contribution in [-0.2, 0) is 4.74 Å². The van der Waals surface area contributed by atoms with E-state index in [-0.39, 0.29) is 0 Å². The molecule has 1 aromatic carbocycles. The highest BCUT2D eigenvalue weighted by molar-refractivity contribution is 5.29. The molecule has 1 aliphatic heterocycles. The van der Waals surface area contributed by atoms with Gasteiger partial charge in [-0.05, 0) is 36.5 Å². The lowest BCUT2D eigenvalue weighted by Gasteiger charge is -2.33. The fourth-order valence-electron chi connectivity index (χ4n) is 2.79. The van der Waals surface area contributed by atoms with E-state index in [9.17, 15) is 5.11 Å². The molecule has 0 aliphatic carbocycles. The van der Waals surface area contributed by atoms with Crippen LogP contribution in [0.25, 0.3) is 0 Å². The third-order valence-electron chi connectivity index (χ3n) is 4.11. The lowest BCUT2D eigenvalue weighted by Crippen LogP contribution is -2.39. The number of hydrogen-bond acceptors (Lipinski definition) is 4. The zero-order chi connectivity index (χ0) is 15.9.